The van der Waals surface area contributed by atoms with Crippen molar-refractivity contribution in [3.05, 3.63) is 77.4 Å². The van der Waals surface area contributed by atoms with E-state index in [1.165, 1.54) is 24.0 Å². The van der Waals surface area contributed by atoms with Crippen molar-refractivity contribution in [2.24, 2.45) is 0 Å². The average molecular weight is 484 g/mol. The Morgan fingerprint density at radius 3 is 2.50 bits per heavy atom. The maximum absolute atomic E-state index is 13.0. The van der Waals surface area contributed by atoms with Crippen LogP contribution in [0.5, 0.6) is 0 Å². The van der Waals surface area contributed by atoms with Crippen LogP contribution in [0.25, 0.3) is 11.3 Å². The minimum Gasteiger partial charge on any atom is -0.379 e. The molecule has 0 spiro atoms. The molecule has 1 saturated heterocycles. The molecule has 1 amide bonds. The van der Waals surface area contributed by atoms with Gasteiger partial charge in [-0.05, 0) is 80.3 Å². The average Bonchev–Trinajstić information content (AvgIpc) is 3.71. The molecule has 2 fully saturated rings. The maximum atomic E-state index is 13.0. The minimum absolute atomic E-state index is 0.173. The molecule has 3 aliphatic rings. The van der Waals surface area contributed by atoms with Crippen LogP contribution >= 0.6 is 0 Å². The lowest BCUT2D eigenvalue weighted by molar-refractivity contribution is 0.0150. The molecule has 3 aromatic rings. The van der Waals surface area contributed by atoms with Gasteiger partial charge in [-0.15, -0.1) is 0 Å². The fourth-order valence-corrected chi connectivity index (χ4v) is 5.38. The molecular formula is C29H33N5O2. The molecule has 1 saturated carbocycles. The largest absolute Gasteiger partial charge is 0.379 e. The van der Waals surface area contributed by atoms with E-state index >= 15 is 0 Å². The van der Waals surface area contributed by atoms with Crippen molar-refractivity contribution in [3.8, 4) is 5.69 Å². The van der Waals surface area contributed by atoms with Gasteiger partial charge in [-0.3, -0.25) is 14.7 Å². The summed E-state index contributed by atoms with van der Waals surface area (Å²) in [5.74, 6) is 0.550. The van der Waals surface area contributed by atoms with Crippen molar-refractivity contribution in [2.75, 3.05) is 31.6 Å². The van der Waals surface area contributed by atoms with Gasteiger partial charge in [-0.2, -0.15) is 5.10 Å². The van der Waals surface area contributed by atoms with E-state index in [4.69, 9.17) is 4.74 Å². The van der Waals surface area contributed by atoms with Gasteiger partial charge in [0.1, 0.15) is 0 Å². The number of anilines is 1. The first-order valence-electron chi connectivity index (χ1n) is 13.1. The van der Waals surface area contributed by atoms with Gasteiger partial charge in [0.15, 0.2) is 0 Å². The Kier molecular flexibility index (Phi) is 6.42. The molecular weight excluding hydrogens is 450 g/mol. The monoisotopic (exact) mass is 483 g/mol. The van der Waals surface area contributed by atoms with E-state index in [9.17, 15) is 4.79 Å². The summed E-state index contributed by atoms with van der Waals surface area (Å²) in [6, 6.07) is 13.1. The summed E-state index contributed by atoms with van der Waals surface area (Å²) in [7, 11) is 0. The predicted octanol–water partition coefficient (Wildman–Crippen LogP) is 4.97. The van der Waals surface area contributed by atoms with E-state index in [0.717, 1.165) is 68.6 Å². The van der Waals surface area contributed by atoms with Crippen molar-refractivity contribution in [3.63, 3.8) is 0 Å². The summed E-state index contributed by atoms with van der Waals surface area (Å²) in [6.45, 7) is 5.68. The third kappa shape index (κ3) is 4.86. The van der Waals surface area contributed by atoms with Gasteiger partial charge in [-0.25, -0.2) is 4.68 Å². The summed E-state index contributed by atoms with van der Waals surface area (Å²) >= 11 is 0. The molecule has 2 aromatic heterocycles. The molecule has 1 atom stereocenters. The lowest BCUT2D eigenvalue weighted by atomic mass is 9.92. The van der Waals surface area contributed by atoms with Gasteiger partial charge in [0.2, 0.25) is 0 Å². The highest BCUT2D eigenvalue weighted by molar-refractivity contribution is 6.04. The zero-order valence-electron chi connectivity index (χ0n) is 20.8. The van der Waals surface area contributed by atoms with E-state index < -0.39 is 0 Å². The molecule has 6 rings (SSSR count). The minimum atomic E-state index is -0.173. The first-order chi connectivity index (χ1) is 17.7. The maximum Gasteiger partial charge on any atom is 0.259 e. The number of benzene rings is 1. The normalized spacial score (nSPS) is 20.7. The van der Waals surface area contributed by atoms with Crippen LogP contribution in [0.3, 0.4) is 0 Å². The number of nitrogens with zero attached hydrogens (tertiary/aromatic N) is 4. The van der Waals surface area contributed by atoms with Gasteiger partial charge in [0, 0.05) is 19.1 Å². The number of allylic oxidation sites excluding steroid dienone is 1. The lowest BCUT2D eigenvalue weighted by Crippen LogP contribution is -2.43. The zero-order chi connectivity index (χ0) is 24.5. The number of carbonyl (C=O) groups excluding carboxylic acids is 1. The van der Waals surface area contributed by atoms with E-state index in [1.807, 2.05) is 23.7 Å². The molecule has 36 heavy (non-hydrogen) atoms. The van der Waals surface area contributed by atoms with Gasteiger partial charge >= 0.3 is 0 Å². The number of rotatable bonds is 6. The molecule has 3 heterocycles. The van der Waals surface area contributed by atoms with E-state index in [2.05, 4.69) is 50.6 Å². The summed E-state index contributed by atoms with van der Waals surface area (Å²) in [6.07, 6.45) is 11.5. The van der Waals surface area contributed by atoms with Gasteiger partial charge < -0.3 is 10.1 Å². The fraction of sp³-hybridized carbons (Fsp3) is 0.414. The summed E-state index contributed by atoms with van der Waals surface area (Å²) < 4.78 is 7.31. The summed E-state index contributed by atoms with van der Waals surface area (Å²) in [4.78, 5) is 20.2. The number of carbonyl (C=O) groups is 1. The van der Waals surface area contributed by atoms with Crippen molar-refractivity contribution in [1.29, 1.82) is 0 Å². The number of hydrogen-bond acceptors (Lipinski definition) is 5. The number of amides is 1. The summed E-state index contributed by atoms with van der Waals surface area (Å²) in [5.41, 5.74) is 6.71. The van der Waals surface area contributed by atoms with E-state index in [-0.39, 0.29) is 5.91 Å². The Labute approximate surface area is 212 Å². The molecule has 1 aromatic carbocycles. The van der Waals surface area contributed by atoms with Gasteiger partial charge in [-0.1, -0.05) is 18.2 Å². The number of nitrogens with one attached hydrogen (secondary N) is 1. The molecule has 0 bridgehead atoms. The van der Waals surface area contributed by atoms with Crippen LogP contribution in [0.1, 0.15) is 65.3 Å². The second kappa shape index (κ2) is 9.99. The first kappa shape index (κ1) is 23.1. The number of morpholine rings is 1. The van der Waals surface area contributed by atoms with Crippen LogP contribution in [0.15, 0.2) is 54.9 Å². The van der Waals surface area contributed by atoms with E-state index in [0.29, 0.717) is 17.3 Å². The van der Waals surface area contributed by atoms with Crippen molar-refractivity contribution in [1.82, 2.24) is 19.7 Å². The molecule has 0 radical (unpaired) electrons. The highest BCUT2D eigenvalue weighted by atomic mass is 16.5. The number of ether oxygens (including phenoxy) is 1. The third-order valence-corrected chi connectivity index (χ3v) is 7.74. The quantitative estimate of drug-likeness (QED) is 0.536. The van der Waals surface area contributed by atoms with Crippen molar-refractivity contribution in [2.45, 2.75) is 51.0 Å². The molecule has 1 N–H and O–H groups in total. The second-order valence-electron chi connectivity index (χ2n) is 10.1. The Morgan fingerprint density at radius 1 is 1.03 bits per heavy atom. The van der Waals surface area contributed by atoms with Gasteiger partial charge in [0.25, 0.3) is 5.91 Å². The van der Waals surface area contributed by atoms with Crippen LogP contribution in [0, 0.1) is 6.92 Å². The van der Waals surface area contributed by atoms with Crippen LogP contribution in [-0.4, -0.2) is 57.9 Å². The van der Waals surface area contributed by atoms with Crippen LogP contribution in [0.4, 0.5) is 5.69 Å². The number of aromatic nitrogens is 3. The fourth-order valence-electron chi connectivity index (χ4n) is 5.38. The van der Waals surface area contributed by atoms with Crippen LogP contribution < -0.4 is 5.32 Å². The highest BCUT2D eigenvalue weighted by Crippen LogP contribution is 2.40. The molecule has 7 nitrogen and oxygen atoms in total. The van der Waals surface area contributed by atoms with Crippen molar-refractivity contribution >= 4 is 17.2 Å². The van der Waals surface area contributed by atoms with Crippen LogP contribution in [-0.2, 0) is 4.74 Å². The van der Waals surface area contributed by atoms with E-state index in [1.54, 1.807) is 12.4 Å². The third-order valence-electron chi connectivity index (χ3n) is 7.74. The number of pyridine rings is 1. The Hall–Kier alpha value is -3.29. The molecule has 186 valence electrons. The molecule has 2 aliphatic carbocycles. The molecule has 7 heteroatoms. The lowest BCUT2D eigenvalue weighted by Gasteiger charge is -2.36. The topological polar surface area (TPSA) is 72.3 Å². The smallest absolute Gasteiger partial charge is 0.259 e. The number of hydrogen-bond donors (Lipinski definition) is 1. The van der Waals surface area contributed by atoms with Crippen molar-refractivity contribution < 1.29 is 9.53 Å². The highest BCUT2D eigenvalue weighted by Gasteiger charge is 2.25. The molecule has 1 unspecified atom stereocenters. The Bertz CT molecular complexity index is 1250. The summed E-state index contributed by atoms with van der Waals surface area (Å²) in [5, 5.41) is 7.46. The van der Waals surface area contributed by atoms with Crippen LogP contribution in [0.2, 0.25) is 0 Å². The molecule has 1 aliphatic heterocycles. The Balaban J connectivity index is 1.09. The second-order valence-corrected chi connectivity index (χ2v) is 10.1. The SMILES string of the molecule is Cc1c(C(=O)Nc2ccc(C3=CCC(N4CCOCC4)CC3)nc2)cnn1-c1ccc(C2CC2)cc1. The zero-order valence-corrected chi connectivity index (χ0v) is 20.8. The predicted molar refractivity (Wildman–Crippen MR) is 140 cm³/mol. The standard InChI is InChI=1S/C29H33N5O2/c1-20-27(19-31-34(20)26-11-4-22(5-12-26)21-2-3-21)29(35)32-24-8-13-28(30-18-24)23-6-9-25(10-7-23)33-14-16-36-17-15-33/h4-6,8,11-13,18-19,21,25H,2-3,7,9-10,14-17H2,1H3,(H,32,35). The van der Waals surface area contributed by atoms with Gasteiger partial charge in [0.05, 0.1) is 53.9 Å². The first-order valence-corrected chi connectivity index (χ1v) is 13.1. The Morgan fingerprint density at radius 2 is 1.83 bits per heavy atom.